The van der Waals surface area contributed by atoms with E-state index in [0.29, 0.717) is 6.54 Å². The fraction of sp³-hybridized carbons (Fsp3) is 0.296. The van der Waals surface area contributed by atoms with E-state index in [1.165, 1.54) is 6.07 Å². The molecule has 2 atom stereocenters. The third-order valence-corrected chi connectivity index (χ3v) is 5.42. The first-order valence-electron chi connectivity index (χ1n) is 11.1. The maximum atomic E-state index is 12.4. The Bertz CT molecular complexity index is 1020. The molecule has 0 aliphatic carbocycles. The van der Waals surface area contributed by atoms with E-state index in [1.807, 2.05) is 54.6 Å². The highest BCUT2D eigenvalue weighted by Crippen LogP contribution is 2.28. The summed E-state index contributed by atoms with van der Waals surface area (Å²) in [6, 6.07) is 22.8. The number of aromatic carboxylic acids is 1. The van der Waals surface area contributed by atoms with Gasteiger partial charge in [-0.3, -0.25) is 4.39 Å². The molecule has 0 aromatic heterocycles. The molecular weight excluding hydrogens is 421 g/mol. The normalized spacial score (nSPS) is 12.8. The van der Waals surface area contributed by atoms with Gasteiger partial charge in [-0.1, -0.05) is 60.7 Å². The average molecular weight is 452 g/mol. The summed E-state index contributed by atoms with van der Waals surface area (Å²) in [7, 11) is 0. The molecule has 0 unspecified atom stereocenters. The summed E-state index contributed by atoms with van der Waals surface area (Å²) in [5.41, 5.74) is 3.87. The molecule has 3 aromatic carbocycles. The zero-order valence-electron chi connectivity index (χ0n) is 18.7. The number of rotatable bonds is 12. The zero-order chi connectivity index (χ0) is 23.6. The summed E-state index contributed by atoms with van der Waals surface area (Å²) in [5.74, 6) is -0.835. The maximum absolute atomic E-state index is 12.4. The standard InChI is InChI=1S/C27H30FNO4/c1-19(29-18-25(30)22-6-3-2-4-7-22)16-20-8-10-21(11-9-20)23-12-13-24(27(31)32)26(17-23)33-15-5-14-28/h2-4,6-13,17,19,25,29-30H,5,14-16,18H2,1H3,(H,31,32)/t19-,25+/m1/s1. The topological polar surface area (TPSA) is 78.8 Å². The fourth-order valence-corrected chi connectivity index (χ4v) is 3.60. The van der Waals surface area contributed by atoms with Gasteiger partial charge in [0, 0.05) is 19.0 Å². The van der Waals surface area contributed by atoms with E-state index in [9.17, 15) is 19.4 Å². The lowest BCUT2D eigenvalue weighted by molar-refractivity contribution is 0.0692. The van der Waals surface area contributed by atoms with Crippen LogP contribution in [0.3, 0.4) is 0 Å². The molecule has 0 spiro atoms. The monoisotopic (exact) mass is 451 g/mol. The number of hydrogen-bond donors (Lipinski definition) is 3. The molecule has 0 aliphatic rings. The molecule has 0 saturated heterocycles. The van der Waals surface area contributed by atoms with Crippen LogP contribution in [0.25, 0.3) is 11.1 Å². The molecule has 0 radical (unpaired) electrons. The molecule has 174 valence electrons. The van der Waals surface area contributed by atoms with Crippen LogP contribution >= 0.6 is 0 Å². The summed E-state index contributed by atoms with van der Waals surface area (Å²) in [6.07, 6.45) is 0.468. The van der Waals surface area contributed by atoms with Crippen molar-refractivity contribution in [3.05, 3.63) is 89.5 Å². The number of alkyl halides is 1. The van der Waals surface area contributed by atoms with Gasteiger partial charge in [0.25, 0.3) is 0 Å². The summed E-state index contributed by atoms with van der Waals surface area (Å²) in [6.45, 7) is 2.17. The van der Waals surface area contributed by atoms with Gasteiger partial charge in [-0.15, -0.1) is 0 Å². The van der Waals surface area contributed by atoms with Crippen molar-refractivity contribution in [1.29, 1.82) is 0 Å². The number of nitrogens with one attached hydrogen (secondary N) is 1. The average Bonchev–Trinajstić information content (AvgIpc) is 2.83. The number of carboxylic acids is 1. The molecule has 0 amide bonds. The SMILES string of the molecule is C[C@H](Cc1ccc(-c2ccc(C(=O)O)c(OCCCF)c2)cc1)NC[C@H](O)c1ccccc1. The molecule has 3 N–H and O–H groups in total. The minimum atomic E-state index is -1.08. The van der Waals surface area contributed by atoms with E-state index >= 15 is 0 Å². The second-order valence-corrected chi connectivity index (χ2v) is 8.04. The van der Waals surface area contributed by atoms with Crippen molar-refractivity contribution in [2.24, 2.45) is 0 Å². The van der Waals surface area contributed by atoms with Crippen molar-refractivity contribution in [3.63, 3.8) is 0 Å². The summed E-state index contributed by atoms with van der Waals surface area (Å²) in [4.78, 5) is 11.4. The Morgan fingerprint density at radius 1 is 1.03 bits per heavy atom. The number of hydrogen-bond acceptors (Lipinski definition) is 4. The second kappa shape index (κ2) is 12.1. The van der Waals surface area contributed by atoms with Gasteiger partial charge in [0.1, 0.15) is 11.3 Å². The molecule has 0 saturated carbocycles. The summed E-state index contributed by atoms with van der Waals surface area (Å²) in [5, 5.41) is 23.1. The molecule has 3 rings (SSSR count). The van der Waals surface area contributed by atoms with Crippen molar-refractivity contribution >= 4 is 5.97 Å². The van der Waals surface area contributed by atoms with E-state index < -0.39 is 18.7 Å². The van der Waals surface area contributed by atoms with Crippen LogP contribution in [0.1, 0.15) is 40.9 Å². The minimum Gasteiger partial charge on any atom is -0.493 e. The number of ether oxygens (including phenoxy) is 1. The number of halogens is 1. The smallest absolute Gasteiger partial charge is 0.339 e. The number of carboxylic acid groups (broad SMARTS) is 1. The summed E-state index contributed by atoms with van der Waals surface area (Å²) >= 11 is 0. The Kier molecular flexibility index (Phi) is 8.98. The highest BCUT2D eigenvalue weighted by molar-refractivity contribution is 5.92. The highest BCUT2D eigenvalue weighted by atomic mass is 19.1. The third-order valence-electron chi connectivity index (χ3n) is 5.42. The van der Waals surface area contributed by atoms with E-state index in [2.05, 4.69) is 12.2 Å². The van der Waals surface area contributed by atoms with Gasteiger partial charge in [-0.25, -0.2) is 4.79 Å². The third kappa shape index (κ3) is 7.14. The van der Waals surface area contributed by atoms with E-state index in [4.69, 9.17) is 4.74 Å². The van der Waals surface area contributed by atoms with Crippen LogP contribution in [-0.2, 0) is 6.42 Å². The van der Waals surface area contributed by atoms with Crippen LogP contribution in [0.15, 0.2) is 72.8 Å². The van der Waals surface area contributed by atoms with Crippen molar-refractivity contribution in [1.82, 2.24) is 5.32 Å². The Hall–Kier alpha value is -3.22. The van der Waals surface area contributed by atoms with Crippen LogP contribution in [0.4, 0.5) is 4.39 Å². The Morgan fingerprint density at radius 2 is 1.73 bits per heavy atom. The lowest BCUT2D eigenvalue weighted by Gasteiger charge is -2.18. The number of benzene rings is 3. The van der Waals surface area contributed by atoms with Gasteiger partial charge in [-0.2, -0.15) is 0 Å². The number of carbonyl (C=O) groups is 1. The zero-order valence-corrected chi connectivity index (χ0v) is 18.7. The van der Waals surface area contributed by atoms with Crippen LogP contribution in [-0.4, -0.2) is 42.1 Å². The highest BCUT2D eigenvalue weighted by Gasteiger charge is 2.14. The molecule has 0 heterocycles. The van der Waals surface area contributed by atoms with E-state index in [0.717, 1.165) is 28.7 Å². The van der Waals surface area contributed by atoms with Gasteiger partial charge < -0.3 is 20.3 Å². The maximum Gasteiger partial charge on any atom is 0.339 e. The lowest BCUT2D eigenvalue weighted by Crippen LogP contribution is -2.32. The van der Waals surface area contributed by atoms with Gasteiger partial charge in [0.05, 0.1) is 19.4 Å². The minimum absolute atomic E-state index is 0.0619. The van der Waals surface area contributed by atoms with E-state index in [-0.39, 0.29) is 30.4 Å². The molecule has 0 aliphatic heterocycles. The summed E-state index contributed by atoms with van der Waals surface area (Å²) < 4.78 is 17.9. The molecular formula is C27H30FNO4. The second-order valence-electron chi connectivity index (χ2n) is 8.04. The number of aliphatic hydroxyl groups is 1. The first kappa shape index (κ1) is 24.4. The molecule has 3 aromatic rings. The first-order chi connectivity index (χ1) is 16.0. The van der Waals surface area contributed by atoms with Gasteiger partial charge in [0.2, 0.25) is 0 Å². The molecule has 0 bridgehead atoms. The Morgan fingerprint density at radius 3 is 2.39 bits per heavy atom. The first-order valence-corrected chi connectivity index (χ1v) is 11.1. The van der Waals surface area contributed by atoms with Crippen molar-refractivity contribution in [3.8, 4) is 16.9 Å². The van der Waals surface area contributed by atoms with Gasteiger partial charge >= 0.3 is 5.97 Å². The molecule has 5 nitrogen and oxygen atoms in total. The lowest BCUT2D eigenvalue weighted by atomic mass is 9.99. The molecule has 6 heteroatoms. The largest absolute Gasteiger partial charge is 0.493 e. The van der Waals surface area contributed by atoms with Gasteiger partial charge in [0.15, 0.2) is 0 Å². The van der Waals surface area contributed by atoms with Gasteiger partial charge in [-0.05, 0) is 47.7 Å². The van der Waals surface area contributed by atoms with E-state index in [1.54, 1.807) is 12.1 Å². The molecule has 33 heavy (non-hydrogen) atoms. The van der Waals surface area contributed by atoms with Crippen molar-refractivity contribution in [2.45, 2.75) is 31.9 Å². The Labute approximate surface area is 193 Å². The quantitative estimate of drug-likeness (QED) is 0.336. The van der Waals surface area contributed by atoms with Crippen molar-refractivity contribution in [2.75, 3.05) is 19.8 Å². The van der Waals surface area contributed by atoms with Crippen LogP contribution in [0, 0.1) is 0 Å². The number of aliphatic hydroxyl groups excluding tert-OH is 1. The predicted molar refractivity (Wildman–Crippen MR) is 127 cm³/mol. The van der Waals surface area contributed by atoms with Crippen molar-refractivity contribution < 1.29 is 24.1 Å². The van der Waals surface area contributed by atoms with Crippen LogP contribution < -0.4 is 10.1 Å². The van der Waals surface area contributed by atoms with Crippen LogP contribution in [0.2, 0.25) is 0 Å². The molecule has 0 fully saturated rings. The predicted octanol–water partition coefficient (Wildman–Crippen LogP) is 5.04. The Balaban J connectivity index is 1.61. The fourth-order valence-electron chi connectivity index (χ4n) is 3.60. The van der Waals surface area contributed by atoms with Crippen LogP contribution in [0.5, 0.6) is 5.75 Å².